The molecule has 280 valence electrons. The Morgan fingerprint density at radius 2 is 1.40 bits per heavy atom. The zero-order valence-electron chi connectivity index (χ0n) is 31.0. The number of nitrogens with zero attached hydrogens (tertiary/aromatic N) is 3. The molecule has 2 aliphatic rings. The third-order valence-corrected chi connectivity index (χ3v) is 10.1. The molecule has 1 saturated heterocycles. The average molecular weight is 747 g/mol. The average Bonchev–Trinajstić information content (AvgIpc) is 3.15. The first-order chi connectivity index (χ1) is 25.5. The van der Waals surface area contributed by atoms with Crippen LogP contribution in [0.25, 0.3) is 0 Å². The van der Waals surface area contributed by atoms with E-state index in [0.717, 1.165) is 95.3 Å². The Morgan fingerprint density at radius 3 is 2.08 bits per heavy atom. The van der Waals surface area contributed by atoms with Crippen LogP contribution in [0.4, 0.5) is 11.4 Å². The van der Waals surface area contributed by atoms with Gasteiger partial charge < -0.3 is 9.64 Å². The van der Waals surface area contributed by atoms with Gasteiger partial charge in [-0.1, -0.05) is 109 Å². The number of carbonyl (C=O) groups excluding carboxylic acids is 2. The molecule has 0 aliphatic carbocycles. The number of anilines is 2. The highest BCUT2D eigenvalue weighted by Crippen LogP contribution is 2.34. The smallest absolute Gasteiger partial charge is 0.234 e. The molecule has 4 rings (SSSR count). The van der Waals surface area contributed by atoms with Crippen LogP contribution < -0.4 is 14.5 Å². The first kappa shape index (κ1) is 41.2. The minimum absolute atomic E-state index is 0.127. The molecular formula is C44H57Cl2N3O3. The Morgan fingerprint density at radius 1 is 0.750 bits per heavy atom. The van der Waals surface area contributed by atoms with E-state index in [9.17, 15) is 9.59 Å². The first-order valence-electron chi connectivity index (χ1n) is 19.3. The summed E-state index contributed by atoms with van der Waals surface area (Å²) in [6.07, 6.45) is 32.9. The molecule has 52 heavy (non-hydrogen) atoms. The summed E-state index contributed by atoms with van der Waals surface area (Å²) in [6, 6.07) is 11.6. The molecule has 0 N–H and O–H groups in total. The van der Waals surface area contributed by atoms with Crippen LogP contribution in [0, 0.1) is 0 Å². The predicted molar refractivity (Wildman–Crippen MR) is 220 cm³/mol. The van der Waals surface area contributed by atoms with Gasteiger partial charge in [0.25, 0.3) is 0 Å². The Labute approximate surface area is 322 Å². The van der Waals surface area contributed by atoms with Crippen molar-refractivity contribution in [1.29, 1.82) is 0 Å². The van der Waals surface area contributed by atoms with Gasteiger partial charge in [0, 0.05) is 45.1 Å². The van der Waals surface area contributed by atoms with Crippen LogP contribution in [0.1, 0.15) is 89.5 Å². The lowest BCUT2D eigenvalue weighted by atomic mass is 10.00. The fraction of sp³-hybridized carbons (Fsp3) is 0.455. The van der Waals surface area contributed by atoms with Crippen molar-refractivity contribution in [2.24, 2.45) is 0 Å². The van der Waals surface area contributed by atoms with E-state index in [4.69, 9.17) is 27.9 Å². The van der Waals surface area contributed by atoms with Gasteiger partial charge in [0.05, 0.1) is 28.0 Å². The second kappa shape index (κ2) is 23.9. The van der Waals surface area contributed by atoms with E-state index in [1.54, 1.807) is 0 Å². The molecule has 2 aliphatic heterocycles. The number of fused-ring (bicyclic) bond motifs is 1. The fourth-order valence-corrected chi connectivity index (χ4v) is 6.78. The fourth-order valence-electron chi connectivity index (χ4n) is 6.36. The topological polar surface area (TPSA) is 53.1 Å². The molecule has 8 heteroatoms. The van der Waals surface area contributed by atoms with Crippen molar-refractivity contribution in [3.8, 4) is 5.75 Å². The Hall–Kier alpha value is -3.58. The number of imide groups is 1. The van der Waals surface area contributed by atoms with Gasteiger partial charge in [-0.15, -0.1) is 0 Å². The zero-order valence-corrected chi connectivity index (χ0v) is 32.5. The molecule has 2 amide bonds. The van der Waals surface area contributed by atoms with Gasteiger partial charge in [-0.3, -0.25) is 19.4 Å². The normalized spacial score (nSPS) is 15.7. The van der Waals surface area contributed by atoms with Gasteiger partial charge in [-0.05, 0) is 94.5 Å². The molecular weight excluding hydrogens is 689 g/mol. The number of halogens is 2. The predicted octanol–water partition coefficient (Wildman–Crippen LogP) is 11.1. The number of rotatable bonds is 21. The molecule has 2 aromatic carbocycles. The summed E-state index contributed by atoms with van der Waals surface area (Å²) in [7, 11) is 0. The minimum Gasteiger partial charge on any atom is -0.494 e. The van der Waals surface area contributed by atoms with E-state index < -0.39 is 0 Å². The highest BCUT2D eigenvalue weighted by atomic mass is 35.5. The number of aryl methyl sites for hydroxylation is 1. The van der Waals surface area contributed by atoms with Crippen molar-refractivity contribution in [3.63, 3.8) is 0 Å². The molecule has 0 atom stereocenters. The third kappa shape index (κ3) is 14.1. The maximum atomic E-state index is 13.2. The Kier molecular flexibility index (Phi) is 18.9. The molecule has 0 unspecified atom stereocenters. The third-order valence-electron chi connectivity index (χ3n) is 9.33. The van der Waals surface area contributed by atoms with Crippen molar-refractivity contribution < 1.29 is 14.3 Å². The van der Waals surface area contributed by atoms with Crippen molar-refractivity contribution >= 4 is 46.4 Å². The monoisotopic (exact) mass is 745 g/mol. The van der Waals surface area contributed by atoms with E-state index in [1.165, 1.54) is 11.3 Å². The molecule has 2 aromatic rings. The number of hydrogen-bond donors (Lipinski definition) is 0. The summed E-state index contributed by atoms with van der Waals surface area (Å²) in [5.74, 6) is 0.439. The number of benzene rings is 2. The van der Waals surface area contributed by atoms with Gasteiger partial charge in [-0.25, -0.2) is 0 Å². The van der Waals surface area contributed by atoms with Crippen LogP contribution in [-0.4, -0.2) is 56.0 Å². The second-order valence-corrected chi connectivity index (χ2v) is 14.1. The molecule has 0 radical (unpaired) electrons. The van der Waals surface area contributed by atoms with Crippen molar-refractivity contribution in [2.75, 3.05) is 49.1 Å². The molecule has 0 bridgehead atoms. The molecule has 0 spiro atoms. The van der Waals surface area contributed by atoms with Crippen LogP contribution in [0.3, 0.4) is 0 Å². The first-order valence-corrected chi connectivity index (χ1v) is 20.0. The molecule has 2 heterocycles. The number of ether oxygens (including phenoxy) is 1. The zero-order chi connectivity index (χ0) is 36.8. The van der Waals surface area contributed by atoms with Gasteiger partial charge in [-0.2, -0.15) is 0 Å². The quantitative estimate of drug-likeness (QED) is 0.0940. The largest absolute Gasteiger partial charge is 0.494 e. The molecule has 1 fully saturated rings. The standard InChI is InChI=1S/C44H57Cl2N3O3/c1-2-3-4-5-6-7-8-9-10-11-12-13-14-15-16-17-18-19-25-42(50)49-41-36-38(28-26-37(41)27-29-43(49)51)52-35-21-20-30-47-31-33-48(34-32-47)40-24-22-23-39(45)44(40)46/h4-5,7-8,10-11,13-14,16-17,22-24,26,28,36H,2-3,6,9,12,15,18-21,25,27,29-35H2,1H3. The van der Waals surface area contributed by atoms with Gasteiger partial charge in [0.15, 0.2) is 0 Å². The van der Waals surface area contributed by atoms with E-state index >= 15 is 0 Å². The number of piperazine rings is 1. The van der Waals surface area contributed by atoms with E-state index in [0.29, 0.717) is 53.8 Å². The molecule has 6 nitrogen and oxygen atoms in total. The van der Waals surface area contributed by atoms with Crippen LogP contribution in [0.5, 0.6) is 5.75 Å². The summed E-state index contributed by atoms with van der Waals surface area (Å²) in [5, 5.41) is 1.22. The van der Waals surface area contributed by atoms with E-state index in [2.05, 4.69) is 77.5 Å². The highest BCUT2D eigenvalue weighted by Gasteiger charge is 2.29. The maximum absolute atomic E-state index is 13.2. The van der Waals surface area contributed by atoms with E-state index in [-0.39, 0.29) is 11.8 Å². The molecule has 0 aromatic heterocycles. The lowest BCUT2D eigenvalue weighted by Crippen LogP contribution is -2.46. The number of allylic oxidation sites excluding steroid dienone is 10. The van der Waals surface area contributed by atoms with Crippen LogP contribution in [0.2, 0.25) is 10.0 Å². The summed E-state index contributed by atoms with van der Waals surface area (Å²) in [4.78, 5) is 32.3. The summed E-state index contributed by atoms with van der Waals surface area (Å²) < 4.78 is 6.10. The number of unbranched alkanes of at least 4 members (excludes halogenated alkanes) is 3. The number of amides is 2. The second-order valence-electron chi connectivity index (χ2n) is 13.4. The van der Waals surface area contributed by atoms with Gasteiger partial charge in [0.2, 0.25) is 11.8 Å². The van der Waals surface area contributed by atoms with Crippen molar-refractivity contribution in [2.45, 2.75) is 90.4 Å². The Balaban J connectivity index is 1.10. The van der Waals surface area contributed by atoms with E-state index in [1.807, 2.05) is 36.4 Å². The van der Waals surface area contributed by atoms with Crippen LogP contribution in [-0.2, 0) is 16.0 Å². The van der Waals surface area contributed by atoms with Gasteiger partial charge >= 0.3 is 0 Å². The van der Waals surface area contributed by atoms with Crippen LogP contribution in [0.15, 0.2) is 97.2 Å². The number of hydrogen-bond acceptors (Lipinski definition) is 5. The maximum Gasteiger partial charge on any atom is 0.234 e. The van der Waals surface area contributed by atoms with Crippen molar-refractivity contribution in [1.82, 2.24) is 4.90 Å². The summed E-state index contributed by atoms with van der Waals surface area (Å²) >= 11 is 12.6. The summed E-state index contributed by atoms with van der Waals surface area (Å²) in [6.45, 7) is 7.60. The Bertz CT molecular complexity index is 1560. The lowest BCUT2D eigenvalue weighted by molar-refractivity contribution is -0.126. The minimum atomic E-state index is -0.135. The lowest BCUT2D eigenvalue weighted by Gasteiger charge is -2.36. The highest BCUT2D eigenvalue weighted by molar-refractivity contribution is 6.43. The SMILES string of the molecule is CCCC=CCC=CCC=CCC=CCC=CCCCC(=O)N1C(=O)CCc2ccc(OCCCCN3CCN(c4cccc(Cl)c4Cl)CC3)cc21. The molecule has 0 saturated carbocycles. The number of carbonyl (C=O) groups is 2. The van der Waals surface area contributed by atoms with Crippen molar-refractivity contribution in [3.05, 3.63) is 113 Å². The summed E-state index contributed by atoms with van der Waals surface area (Å²) in [5.41, 5.74) is 2.71. The van der Waals surface area contributed by atoms with Gasteiger partial charge in [0.1, 0.15) is 5.75 Å². The van der Waals surface area contributed by atoms with Crippen LogP contribution >= 0.6 is 23.2 Å².